The van der Waals surface area contributed by atoms with E-state index < -0.39 is 0 Å². The number of rotatable bonds is 6. The SMILES string of the molecule is CC(NC(=O)CCn1nc(-c2ccccc2)ccc1=O)c1ccccc1. The van der Waals surface area contributed by atoms with Gasteiger partial charge in [-0.15, -0.1) is 0 Å². The highest BCUT2D eigenvalue weighted by Crippen LogP contribution is 2.14. The normalized spacial score (nSPS) is 11.7. The van der Waals surface area contributed by atoms with Gasteiger partial charge in [0.15, 0.2) is 0 Å². The Hall–Kier alpha value is -3.21. The largest absolute Gasteiger partial charge is 0.350 e. The Kier molecular flexibility index (Phi) is 5.59. The summed E-state index contributed by atoms with van der Waals surface area (Å²) >= 11 is 0. The van der Waals surface area contributed by atoms with Crippen LogP contribution < -0.4 is 10.9 Å². The fraction of sp³-hybridized carbons (Fsp3) is 0.190. The van der Waals surface area contributed by atoms with Crippen LogP contribution in [0.3, 0.4) is 0 Å². The molecule has 1 N–H and O–H groups in total. The molecule has 0 fully saturated rings. The molecular weight excluding hydrogens is 326 g/mol. The Balaban J connectivity index is 1.64. The molecule has 0 saturated heterocycles. The van der Waals surface area contributed by atoms with Gasteiger partial charge in [0.2, 0.25) is 5.91 Å². The van der Waals surface area contributed by atoms with Gasteiger partial charge in [-0.2, -0.15) is 5.10 Å². The first-order chi connectivity index (χ1) is 12.6. The van der Waals surface area contributed by atoms with Gasteiger partial charge in [-0.1, -0.05) is 60.7 Å². The number of amides is 1. The molecule has 1 heterocycles. The molecule has 2 aromatic carbocycles. The fourth-order valence-corrected chi connectivity index (χ4v) is 2.72. The van der Waals surface area contributed by atoms with Crippen molar-refractivity contribution in [3.63, 3.8) is 0 Å². The summed E-state index contributed by atoms with van der Waals surface area (Å²) in [5, 5.41) is 7.33. The van der Waals surface area contributed by atoms with E-state index in [0.29, 0.717) is 5.69 Å². The van der Waals surface area contributed by atoms with Gasteiger partial charge in [0.1, 0.15) is 0 Å². The maximum Gasteiger partial charge on any atom is 0.266 e. The van der Waals surface area contributed by atoms with E-state index >= 15 is 0 Å². The van der Waals surface area contributed by atoms with Crippen LogP contribution >= 0.6 is 0 Å². The Morgan fingerprint density at radius 3 is 2.35 bits per heavy atom. The second-order valence-electron chi connectivity index (χ2n) is 6.10. The quantitative estimate of drug-likeness (QED) is 0.745. The molecule has 3 aromatic rings. The van der Waals surface area contributed by atoms with Gasteiger partial charge in [0, 0.05) is 18.1 Å². The molecule has 5 heteroatoms. The van der Waals surface area contributed by atoms with Gasteiger partial charge in [0.25, 0.3) is 5.56 Å². The van der Waals surface area contributed by atoms with E-state index in [9.17, 15) is 9.59 Å². The van der Waals surface area contributed by atoms with E-state index in [1.165, 1.54) is 10.7 Å². The first-order valence-electron chi connectivity index (χ1n) is 8.61. The van der Waals surface area contributed by atoms with Crippen LogP contribution in [-0.2, 0) is 11.3 Å². The van der Waals surface area contributed by atoms with Crippen LogP contribution in [-0.4, -0.2) is 15.7 Å². The molecule has 1 amide bonds. The molecule has 1 atom stereocenters. The molecule has 0 bridgehead atoms. The third-order valence-corrected chi connectivity index (χ3v) is 4.16. The topological polar surface area (TPSA) is 64.0 Å². The highest BCUT2D eigenvalue weighted by atomic mass is 16.2. The number of nitrogens with one attached hydrogen (secondary N) is 1. The maximum atomic E-state index is 12.2. The average Bonchev–Trinajstić information content (AvgIpc) is 2.68. The van der Waals surface area contributed by atoms with Gasteiger partial charge in [-0.3, -0.25) is 9.59 Å². The predicted octanol–water partition coefficient (Wildman–Crippen LogP) is 3.18. The van der Waals surface area contributed by atoms with Crippen molar-refractivity contribution in [2.24, 2.45) is 0 Å². The van der Waals surface area contributed by atoms with Crippen molar-refractivity contribution in [1.82, 2.24) is 15.1 Å². The monoisotopic (exact) mass is 347 g/mol. The van der Waals surface area contributed by atoms with E-state index in [4.69, 9.17) is 0 Å². The number of hydrogen-bond acceptors (Lipinski definition) is 3. The van der Waals surface area contributed by atoms with Gasteiger partial charge >= 0.3 is 0 Å². The average molecular weight is 347 g/mol. The molecule has 0 saturated carbocycles. The van der Waals surface area contributed by atoms with Gasteiger partial charge in [0.05, 0.1) is 18.3 Å². The van der Waals surface area contributed by atoms with Gasteiger partial charge < -0.3 is 5.32 Å². The summed E-state index contributed by atoms with van der Waals surface area (Å²) in [5.74, 6) is -0.111. The van der Waals surface area contributed by atoms with Crippen LogP contribution in [0.25, 0.3) is 11.3 Å². The lowest BCUT2D eigenvalue weighted by Crippen LogP contribution is -2.30. The van der Waals surface area contributed by atoms with Crippen LogP contribution in [0.15, 0.2) is 77.6 Å². The minimum Gasteiger partial charge on any atom is -0.350 e. The zero-order chi connectivity index (χ0) is 18.4. The molecule has 1 unspecified atom stereocenters. The van der Waals surface area contributed by atoms with Crippen LogP contribution in [0.4, 0.5) is 0 Å². The second kappa shape index (κ2) is 8.25. The third-order valence-electron chi connectivity index (χ3n) is 4.16. The van der Waals surface area contributed by atoms with Gasteiger partial charge in [-0.05, 0) is 18.6 Å². The lowest BCUT2D eigenvalue weighted by molar-refractivity contribution is -0.122. The van der Waals surface area contributed by atoms with Crippen molar-refractivity contribution in [3.8, 4) is 11.3 Å². The van der Waals surface area contributed by atoms with Crippen molar-refractivity contribution >= 4 is 5.91 Å². The van der Waals surface area contributed by atoms with Crippen molar-refractivity contribution in [3.05, 3.63) is 88.7 Å². The molecule has 26 heavy (non-hydrogen) atoms. The number of hydrogen-bond donors (Lipinski definition) is 1. The first-order valence-corrected chi connectivity index (χ1v) is 8.61. The molecule has 3 rings (SSSR count). The molecule has 5 nitrogen and oxygen atoms in total. The number of benzene rings is 2. The summed E-state index contributed by atoms with van der Waals surface area (Å²) < 4.78 is 1.34. The van der Waals surface area contributed by atoms with E-state index in [1.807, 2.05) is 67.6 Å². The summed E-state index contributed by atoms with van der Waals surface area (Å²) in [6.45, 7) is 2.18. The van der Waals surface area contributed by atoms with Crippen LogP contribution in [0.2, 0.25) is 0 Å². The molecule has 0 aliphatic rings. The van der Waals surface area contributed by atoms with Gasteiger partial charge in [-0.25, -0.2) is 4.68 Å². The van der Waals surface area contributed by atoms with Crippen molar-refractivity contribution in [2.45, 2.75) is 25.9 Å². The summed E-state index contributed by atoms with van der Waals surface area (Å²) in [6, 6.07) is 22.5. The number of carbonyl (C=O) groups excluding carboxylic acids is 1. The molecule has 0 radical (unpaired) electrons. The maximum absolute atomic E-state index is 12.2. The number of aromatic nitrogens is 2. The minimum atomic E-state index is -0.214. The Labute approximate surface area is 152 Å². The number of aryl methyl sites for hydroxylation is 1. The fourth-order valence-electron chi connectivity index (χ4n) is 2.72. The zero-order valence-corrected chi connectivity index (χ0v) is 14.6. The van der Waals surface area contributed by atoms with Crippen LogP contribution in [0, 0.1) is 0 Å². The van der Waals surface area contributed by atoms with Crippen molar-refractivity contribution in [2.75, 3.05) is 0 Å². The predicted molar refractivity (Wildman–Crippen MR) is 102 cm³/mol. The number of carbonyl (C=O) groups is 1. The smallest absolute Gasteiger partial charge is 0.266 e. The Bertz CT molecular complexity index is 921. The van der Waals surface area contributed by atoms with E-state index in [1.54, 1.807) is 6.07 Å². The lowest BCUT2D eigenvalue weighted by atomic mass is 10.1. The summed E-state index contributed by atoms with van der Waals surface area (Å²) in [4.78, 5) is 24.2. The highest BCUT2D eigenvalue weighted by molar-refractivity contribution is 5.76. The molecule has 1 aromatic heterocycles. The standard InChI is InChI=1S/C21H21N3O2/c1-16(17-8-4-2-5-9-17)22-20(25)14-15-24-21(26)13-12-19(23-24)18-10-6-3-7-11-18/h2-13,16H,14-15H2,1H3,(H,22,25). The molecule has 132 valence electrons. The number of nitrogens with zero attached hydrogens (tertiary/aromatic N) is 2. The van der Waals surface area contributed by atoms with Crippen LogP contribution in [0.1, 0.15) is 24.9 Å². The third kappa shape index (κ3) is 4.45. The van der Waals surface area contributed by atoms with Crippen LogP contribution in [0.5, 0.6) is 0 Å². The Morgan fingerprint density at radius 2 is 1.65 bits per heavy atom. The van der Waals surface area contributed by atoms with E-state index in [2.05, 4.69) is 10.4 Å². The first kappa shape index (κ1) is 17.6. The van der Waals surface area contributed by atoms with Crippen molar-refractivity contribution < 1.29 is 4.79 Å². The molecule has 0 aliphatic heterocycles. The molecule has 0 aliphatic carbocycles. The summed E-state index contributed by atoms with van der Waals surface area (Å²) in [7, 11) is 0. The highest BCUT2D eigenvalue weighted by Gasteiger charge is 2.10. The second-order valence-corrected chi connectivity index (χ2v) is 6.10. The Morgan fingerprint density at radius 1 is 1.00 bits per heavy atom. The minimum absolute atomic E-state index is 0.0796. The van der Waals surface area contributed by atoms with E-state index in [0.717, 1.165) is 11.1 Å². The lowest BCUT2D eigenvalue weighted by Gasteiger charge is -2.14. The summed E-state index contributed by atoms with van der Waals surface area (Å²) in [5.41, 5.74) is 2.47. The summed E-state index contributed by atoms with van der Waals surface area (Å²) in [6.07, 6.45) is 0.197. The molecule has 0 spiro atoms. The molecular formula is C21H21N3O2. The van der Waals surface area contributed by atoms with Crippen molar-refractivity contribution in [1.29, 1.82) is 0 Å². The van der Waals surface area contributed by atoms with E-state index in [-0.39, 0.29) is 30.5 Å². The zero-order valence-electron chi connectivity index (χ0n) is 14.6.